The van der Waals surface area contributed by atoms with Gasteiger partial charge in [-0.25, -0.2) is 0 Å². The number of ether oxygens (including phenoxy) is 2. The summed E-state index contributed by atoms with van der Waals surface area (Å²) in [5.41, 5.74) is 0. The molecule has 0 amide bonds. The van der Waals surface area contributed by atoms with Gasteiger partial charge in [0.1, 0.15) is 0 Å². The monoisotopic (exact) mass is 703 g/mol. The second-order valence-corrected chi connectivity index (χ2v) is 13.5. The third-order valence-electron chi connectivity index (χ3n) is 8.46. The summed E-state index contributed by atoms with van der Waals surface area (Å²) < 4.78 is 9.72. The van der Waals surface area contributed by atoms with Crippen LogP contribution in [0.2, 0.25) is 0 Å². The minimum Gasteiger partial charge on any atom is -0.844 e. The SMILES string of the molecule is CCCCCCCC/C=C\CCCCCCCCOC(=O)C(C)[O-].CCCCCCCC/C=C\CCCCCCCCOC(=O)C(C)[O-].[Mg+2]. The first-order valence-electron chi connectivity index (χ1n) is 20.3. The van der Waals surface area contributed by atoms with Gasteiger partial charge in [-0.2, -0.15) is 0 Å². The van der Waals surface area contributed by atoms with Gasteiger partial charge in [-0.05, 0) is 76.4 Å². The molecule has 0 heterocycles. The average molecular weight is 703 g/mol. The van der Waals surface area contributed by atoms with Gasteiger partial charge in [0, 0.05) is 0 Å². The third kappa shape index (κ3) is 47.1. The zero-order valence-electron chi connectivity index (χ0n) is 32.8. The Balaban J connectivity index is -0.000000846. The molecule has 6 nitrogen and oxygen atoms in total. The largest absolute Gasteiger partial charge is 2.00 e. The minimum atomic E-state index is -1.25. The molecule has 0 bridgehead atoms. The molecule has 7 heteroatoms. The fraction of sp³-hybridized carbons (Fsp3) is 0.857. The summed E-state index contributed by atoms with van der Waals surface area (Å²) in [4.78, 5) is 21.9. The topological polar surface area (TPSA) is 98.7 Å². The molecule has 0 aliphatic carbocycles. The number of hydrogen-bond donors (Lipinski definition) is 0. The molecule has 0 N–H and O–H groups in total. The summed E-state index contributed by atoms with van der Waals surface area (Å²) >= 11 is 0. The normalized spacial score (nSPS) is 12.4. The van der Waals surface area contributed by atoms with E-state index in [9.17, 15) is 19.8 Å². The molecular formula is C42H78MgO6. The Labute approximate surface area is 320 Å². The van der Waals surface area contributed by atoms with E-state index in [2.05, 4.69) is 38.2 Å². The molecule has 49 heavy (non-hydrogen) atoms. The van der Waals surface area contributed by atoms with Gasteiger partial charge in [0.05, 0.1) is 13.2 Å². The summed E-state index contributed by atoms with van der Waals surface area (Å²) in [6, 6.07) is 0. The summed E-state index contributed by atoms with van der Waals surface area (Å²) in [6.07, 6.45) is 42.1. The van der Waals surface area contributed by atoms with Crippen LogP contribution >= 0.6 is 0 Å². The Hall–Kier alpha value is -0.894. The maximum atomic E-state index is 11.0. The van der Waals surface area contributed by atoms with Gasteiger partial charge in [-0.1, -0.05) is 168 Å². The molecule has 2 unspecified atom stereocenters. The van der Waals surface area contributed by atoms with Crippen molar-refractivity contribution in [3.8, 4) is 0 Å². The van der Waals surface area contributed by atoms with Crippen molar-refractivity contribution in [2.24, 2.45) is 0 Å². The van der Waals surface area contributed by atoms with Crippen LogP contribution in [-0.2, 0) is 19.1 Å². The van der Waals surface area contributed by atoms with E-state index in [-0.39, 0.29) is 23.1 Å². The van der Waals surface area contributed by atoms with E-state index < -0.39 is 24.1 Å². The first-order chi connectivity index (χ1) is 23.4. The van der Waals surface area contributed by atoms with Crippen molar-refractivity contribution in [1.29, 1.82) is 0 Å². The average Bonchev–Trinajstić information content (AvgIpc) is 3.07. The Morgan fingerprint density at radius 1 is 0.429 bits per heavy atom. The fourth-order valence-electron chi connectivity index (χ4n) is 5.28. The third-order valence-corrected chi connectivity index (χ3v) is 8.46. The minimum absolute atomic E-state index is 0. The van der Waals surface area contributed by atoms with Gasteiger partial charge < -0.3 is 19.7 Å². The summed E-state index contributed by atoms with van der Waals surface area (Å²) in [6.45, 7) is 7.96. The van der Waals surface area contributed by atoms with Crippen molar-refractivity contribution in [3.63, 3.8) is 0 Å². The molecule has 0 fully saturated rings. The van der Waals surface area contributed by atoms with E-state index in [0.29, 0.717) is 13.2 Å². The standard InChI is InChI=1S/2C21H39O3.Mg/c2*1-3-4-5-6-7-8-9-10-11-12-13-14-15-16-17-18-19-24-21(23)20(2)22;/h2*10-11,20H,3-9,12-19H2,1-2H3;/q2*-1;+2/b2*11-10-;. The number of esters is 2. The Kier molecular flexibility index (Phi) is 48.3. The predicted molar refractivity (Wildman–Crippen MR) is 205 cm³/mol. The molecule has 0 aliphatic rings. The molecule has 0 aliphatic heterocycles. The molecule has 0 saturated heterocycles. The fourth-order valence-corrected chi connectivity index (χ4v) is 5.28. The van der Waals surface area contributed by atoms with Crippen molar-refractivity contribution < 1.29 is 29.3 Å². The van der Waals surface area contributed by atoms with Crippen LogP contribution in [0.4, 0.5) is 0 Å². The number of hydrogen-bond acceptors (Lipinski definition) is 6. The first-order valence-corrected chi connectivity index (χ1v) is 20.3. The van der Waals surface area contributed by atoms with E-state index in [1.165, 1.54) is 168 Å². The summed E-state index contributed by atoms with van der Waals surface area (Å²) in [5, 5.41) is 21.5. The summed E-state index contributed by atoms with van der Waals surface area (Å²) in [5.74, 6) is -1.24. The predicted octanol–water partition coefficient (Wildman–Crippen LogP) is 10.3. The van der Waals surface area contributed by atoms with Crippen LogP contribution in [0.15, 0.2) is 24.3 Å². The molecule has 2 atom stereocenters. The number of allylic oxidation sites excluding steroid dienone is 4. The van der Waals surface area contributed by atoms with Crippen molar-refractivity contribution >= 4 is 35.0 Å². The molecule has 0 saturated carbocycles. The Morgan fingerprint density at radius 3 is 0.898 bits per heavy atom. The van der Waals surface area contributed by atoms with Crippen LogP contribution < -0.4 is 10.2 Å². The van der Waals surface area contributed by atoms with Crippen molar-refractivity contribution in [3.05, 3.63) is 24.3 Å². The van der Waals surface area contributed by atoms with Gasteiger partial charge in [0.2, 0.25) is 0 Å². The van der Waals surface area contributed by atoms with Gasteiger partial charge in [0.15, 0.2) is 0 Å². The van der Waals surface area contributed by atoms with E-state index in [4.69, 9.17) is 9.47 Å². The molecule has 0 aromatic rings. The number of carbonyl (C=O) groups is 2. The number of rotatable bonds is 34. The van der Waals surface area contributed by atoms with Crippen LogP contribution in [0.25, 0.3) is 0 Å². The zero-order chi connectivity index (χ0) is 35.8. The maximum absolute atomic E-state index is 11.0. The van der Waals surface area contributed by atoms with E-state index in [1.54, 1.807) is 0 Å². The number of carbonyl (C=O) groups excluding carboxylic acids is 2. The van der Waals surface area contributed by atoms with Gasteiger partial charge in [-0.3, -0.25) is 9.59 Å². The molecular weight excluding hydrogens is 625 g/mol. The molecule has 0 radical (unpaired) electrons. The van der Waals surface area contributed by atoms with Crippen LogP contribution in [0.3, 0.4) is 0 Å². The second kappa shape index (κ2) is 45.1. The van der Waals surface area contributed by atoms with Crippen LogP contribution in [0.5, 0.6) is 0 Å². The van der Waals surface area contributed by atoms with Crippen LogP contribution in [0, 0.1) is 0 Å². The Morgan fingerprint density at radius 2 is 0.653 bits per heavy atom. The quantitative estimate of drug-likeness (QED) is 0.0286. The van der Waals surface area contributed by atoms with E-state index >= 15 is 0 Å². The molecule has 0 rings (SSSR count). The van der Waals surface area contributed by atoms with E-state index in [1.807, 2.05) is 0 Å². The van der Waals surface area contributed by atoms with Gasteiger partial charge >= 0.3 is 23.1 Å². The van der Waals surface area contributed by atoms with Gasteiger partial charge in [0.25, 0.3) is 11.9 Å². The first kappa shape index (κ1) is 52.5. The van der Waals surface area contributed by atoms with Crippen molar-refractivity contribution in [2.45, 2.75) is 220 Å². The van der Waals surface area contributed by atoms with Crippen LogP contribution in [0.1, 0.15) is 207 Å². The molecule has 284 valence electrons. The number of unbranched alkanes of at least 4 members (excludes halogenated alkanes) is 24. The van der Waals surface area contributed by atoms with E-state index in [0.717, 1.165) is 25.7 Å². The Bertz CT molecular complexity index is 662. The van der Waals surface area contributed by atoms with Crippen molar-refractivity contribution in [2.75, 3.05) is 13.2 Å². The maximum Gasteiger partial charge on any atom is 2.00 e. The smallest absolute Gasteiger partial charge is 0.844 e. The van der Waals surface area contributed by atoms with Crippen molar-refractivity contribution in [1.82, 2.24) is 0 Å². The van der Waals surface area contributed by atoms with Gasteiger partial charge in [-0.15, -0.1) is 0 Å². The molecule has 0 spiro atoms. The second-order valence-electron chi connectivity index (χ2n) is 13.5. The van der Waals surface area contributed by atoms with Crippen LogP contribution in [-0.4, -0.2) is 60.4 Å². The molecule has 0 aromatic carbocycles. The summed E-state index contributed by atoms with van der Waals surface area (Å²) in [7, 11) is 0. The zero-order valence-corrected chi connectivity index (χ0v) is 34.2. The molecule has 0 aromatic heterocycles.